The highest BCUT2D eigenvalue weighted by Crippen LogP contribution is 2.20. The minimum absolute atomic E-state index is 0.0495. The molecule has 0 aliphatic heterocycles. The predicted octanol–water partition coefficient (Wildman–Crippen LogP) is 4.70. The van der Waals surface area contributed by atoms with E-state index in [-0.39, 0.29) is 5.69 Å². The van der Waals surface area contributed by atoms with Crippen molar-refractivity contribution in [1.82, 2.24) is 5.43 Å². The lowest BCUT2D eigenvalue weighted by molar-refractivity contribution is -0.384. The van der Waals surface area contributed by atoms with E-state index >= 15 is 0 Å². The van der Waals surface area contributed by atoms with Crippen LogP contribution in [0.1, 0.15) is 21.5 Å². The number of hydrazone groups is 1. The van der Waals surface area contributed by atoms with Gasteiger partial charge in [0, 0.05) is 22.2 Å². The molecule has 0 fully saturated rings. The van der Waals surface area contributed by atoms with Crippen LogP contribution in [-0.4, -0.2) is 17.0 Å². The minimum Gasteiger partial charge on any atom is -0.488 e. The average Bonchev–Trinajstić information content (AvgIpc) is 2.72. The molecule has 0 spiro atoms. The first-order valence-corrected chi connectivity index (χ1v) is 9.36. The molecule has 3 aromatic rings. The smallest absolute Gasteiger partial charge is 0.275 e. The lowest BCUT2D eigenvalue weighted by Crippen LogP contribution is -2.18. The van der Waals surface area contributed by atoms with Gasteiger partial charge >= 0.3 is 0 Å². The molecule has 3 rings (SSSR count). The summed E-state index contributed by atoms with van der Waals surface area (Å²) < 4.78 is 6.74. The van der Waals surface area contributed by atoms with Gasteiger partial charge in [-0.3, -0.25) is 14.9 Å². The summed E-state index contributed by atoms with van der Waals surface area (Å²) >= 11 is 3.41. The van der Waals surface area contributed by atoms with Crippen LogP contribution in [0.15, 0.2) is 82.4 Å². The maximum Gasteiger partial charge on any atom is 0.275 e. The van der Waals surface area contributed by atoms with Crippen molar-refractivity contribution < 1.29 is 14.5 Å². The second-order valence-electron chi connectivity index (χ2n) is 5.97. The van der Waals surface area contributed by atoms with Crippen LogP contribution >= 0.6 is 15.9 Å². The van der Waals surface area contributed by atoms with E-state index in [9.17, 15) is 14.9 Å². The standard InChI is InChI=1S/C21H16BrN3O4/c22-17-7-3-6-16(11-17)14-29-20-10-2-1-9-19(20)21(26)24-23-13-15-5-4-8-18(12-15)25(27)28/h1-13H,14H2,(H,24,26)/b23-13+. The summed E-state index contributed by atoms with van der Waals surface area (Å²) in [4.78, 5) is 22.8. The Morgan fingerprint density at radius 1 is 1.10 bits per heavy atom. The van der Waals surface area contributed by atoms with Gasteiger partial charge in [0.2, 0.25) is 0 Å². The van der Waals surface area contributed by atoms with Crippen LogP contribution < -0.4 is 10.2 Å². The monoisotopic (exact) mass is 453 g/mol. The number of hydrogen-bond donors (Lipinski definition) is 1. The maximum absolute atomic E-state index is 12.5. The Balaban J connectivity index is 1.66. The number of para-hydroxylation sites is 1. The van der Waals surface area contributed by atoms with Gasteiger partial charge in [-0.25, -0.2) is 5.43 Å². The normalized spacial score (nSPS) is 10.7. The Morgan fingerprint density at radius 2 is 1.90 bits per heavy atom. The average molecular weight is 454 g/mol. The van der Waals surface area contributed by atoms with E-state index in [2.05, 4.69) is 26.5 Å². The Kier molecular flexibility index (Phi) is 6.70. The molecule has 3 aromatic carbocycles. The molecule has 0 aromatic heterocycles. The Morgan fingerprint density at radius 3 is 2.69 bits per heavy atom. The summed E-state index contributed by atoms with van der Waals surface area (Å²) in [5.74, 6) is -0.0213. The topological polar surface area (TPSA) is 93.8 Å². The highest BCUT2D eigenvalue weighted by Gasteiger charge is 2.12. The van der Waals surface area contributed by atoms with Gasteiger partial charge in [0.25, 0.3) is 11.6 Å². The van der Waals surface area contributed by atoms with Crippen LogP contribution in [0.2, 0.25) is 0 Å². The molecule has 146 valence electrons. The number of nitro groups is 1. The SMILES string of the molecule is O=C(N/N=C/c1cccc([N+](=O)[O-])c1)c1ccccc1OCc1cccc(Br)c1. The number of benzene rings is 3. The first kappa shape index (κ1) is 20.2. The molecule has 0 aliphatic carbocycles. The first-order chi connectivity index (χ1) is 14.0. The molecule has 8 heteroatoms. The van der Waals surface area contributed by atoms with E-state index in [1.807, 2.05) is 24.3 Å². The Hall–Kier alpha value is -3.52. The van der Waals surface area contributed by atoms with E-state index in [0.717, 1.165) is 10.0 Å². The minimum atomic E-state index is -0.491. The number of ether oxygens (including phenoxy) is 1. The lowest BCUT2D eigenvalue weighted by atomic mass is 10.2. The number of carbonyl (C=O) groups excluding carboxylic acids is 1. The predicted molar refractivity (Wildman–Crippen MR) is 113 cm³/mol. The molecular formula is C21H16BrN3O4. The summed E-state index contributed by atoms with van der Waals surface area (Å²) in [6.07, 6.45) is 1.34. The summed E-state index contributed by atoms with van der Waals surface area (Å²) in [5.41, 5.74) is 4.16. The second-order valence-corrected chi connectivity index (χ2v) is 6.88. The molecule has 0 saturated heterocycles. The van der Waals surface area contributed by atoms with Gasteiger partial charge in [0.05, 0.1) is 16.7 Å². The number of rotatable bonds is 7. The quantitative estimate of drug-likeness (QED) is 0.318. The number of nitrogens with one attached hydrogen (secondary N) is 1. The van der Waals surface area contributed by atoms with Crippen molar-refractivity contribution in [2.45, 2.75) is 6.61 Å². The zero-order chi connectivity index (χ0) is 20.6. The zero-order valence-corrected chi connectivity index (χ0v) is 16.7. The van der Waals surface area contributed by atoms with Crippen LogP contribution in [-0.2, 0) is 6.61 Å². The van der Waals surface area contributed by atoms with Crippen LogP contribution in [0, 0.1) is 10.1 Å². The van der Waals surface area contributed by atoms with Gasteiger partial charge in [-0.2, -0.15) is 5.10 Å². The highest BCUT2D eigenvalue weighted by atomic mass is 79.9. The molecule has 0 radical (unpaired) electrons. The fourth-order valence-electron chi connectivity index (χ4n) is 2.51. The maximum atomic E-state index is 12.5. The van der Waals surface area contributed by atoms with Crippen molar-refractivity contribution in [3.8, 4) is 5.75 Å². The summed E-state index contributed by atoms with van der Waals surface area (Å²) in [6, 6.07) is 20.5. The van der Waals surface area contributed by atoms with Crippen molar-refractivity contribution in [2.24, 2.45) is 5.10 Å². The third-order valence-corrected chi connectivity index (χ3v) is 4.37. The number of amides is 1. The number of nitro benzene ring substituents is 1. The van der Waals surface area contributed by atoms with Crippen molar-refractivity contribution in [3.05, 3.63) is 104 Å². The summed E-state index contributed by atoms with van der Waals surface area (Å²) in [7, 11) is 0. The van der Waals surface area contributed by atoms with Crippen molar-refractivity contribution in [3.63, 3.8) is 0 Å². The molecule has 1 amide bonds. The lowest BCUT2D eigenvalue weighted by Gasteiger charge is -2.10. The summed E-state index contributed by atoms with van der Waals surface area (Å²) in [6.45, 7) is 0.306. The molecule has 1 N–H and O–H groups in total. The Bertz CT molecular complexity index is 1070. The van der Waals surface area contributed by atoms with E-state index in [0.29, 0.717) is 23.5 Å². The van der Waals surface area contributed by atoms with Crippen LogP contribution in [0.25, 0.3) is 0 Å². The third-order valence-electron chi connectivity index (χ3n) is 3.88. The fourth-order valence-corrected chi connectivity index (χ4v) is 2.96. The highest BCUT2D eigenvalue weighted by molar-refractivity contribution is 9.10. The summed E-state index contributed by atoms with van der Waals surface area (Å²) in [5, 5.41) is 14.7. The van der Waals surface area contributed by atoms with E-state index in [4.69, 9.17) is 4.74 Å². The van der Waals surface area contributed by atoms with Crippen molar-refractivity contribution in [1.29, 1.82) is 0 Å². The Labute approximate surface area is 175 Å². The molecular weight excluding hydrogens is 438 g/mol. The molecule has 0 saturated carbocycles. The molecule has 29 heavy (non-hydrogen) atoms. The van der Waals surface area contributed by atoms with Gasteiger partial charge < -0.3 is 4.74 Å². The van der Waals surface area contributed by atoms with Crippen LogP contribution in [0.3, 0.4) is 0 Å². The van der Waals surface area contributed by atoms with Crippen LogP contribution in [0.5, 0.6) is 5.75 Å². The van der Waals surface area contributed by atoms with Gasteiger partial charge in [0.1, 0.15) is 12.4 Å². The third kappa shape index (κ3) is 5.73. The van der Waals surface area contributed by atoms with Gasteiger partial charge in [0.15, 0.2) is 0 Å². The molecule has 0 heterocycles. The van der Waals surface area contributed by atoms with Gasteiger partial charge in [-0.15, -0.1) is 0 Å². The number of carbonyl (C=O) groups is 1. The van der Waals surface area contributed by atoms with Gasteiger partial charge in [-0.1, -0.05) is 52.3 Å². The first-order valence-electron chi connectivity index (χ1n) is 8.57. The molecule has 0 aliphatic rings. The molecule has 0 bridgehead atoms. The van der Waals surface area contributed by atoms with E-state index < -0.39 is 10.8 Å². The molecule has 7 nitrogen and oxygen atoms in total. The second kappa shape index (κ2) is 9.61. The fraction of sp³-hybridized carbons (Fsp3) is 0.0476. The molecule has 0 unspecified atom stereocenters. The van der Waals surface area contributed by atoms with Crippen molar-refractivity contribution in [2.75, 3.05) is 0 Å². The zero-order valence-electron chi connectivity index (χ0n) is 15.1. The molecule has 0 atom stereocenters. The number of hydrogen-bond acceptors (Lipinski definition) is 5. The largest absolute Gasteiger partial charge is 0.488 e. The van der Waals surface area contributed by atoms with E-state index in [1.54, 1.807) is 36.4 Å². The van der Waals surface area contributed by atoms with Crippen molar-refractivity contribution >= 4 is 33.7 Å². The van der Waals surface area contributed by atoms with Crippen LogP contribution in [0.4, 0.5) is 5.69 Å². The number of halogens is 1. The van der Waals surface area contributed by atoms with E-state index in [1.165, 1.54) is 18.3 Å². The van der Waals surface area contributed by atoms with Gasteiger partial charge in [-0.05, 0) is 29.8 Å². The number of non-ortho nitro benzene ring substituents is 1. The number of nitrogens with zero attached hydrogens (tertiary/aromatic N) is 2.